The van der Waals surface area contributed by atoms with E-state index >= 15 is 0 Å². The van der Waals surface area contributed by atoms with Crippen LogP contribution in [-0.2, 0) is 4.74 Å². The van der Waals surface area contributed by atoms with Crippen molar-refractivity contribution in [1.29, 1.82) is 0 Å². The average molecular weight is 209 g/mol. The molecule has 1 atom stereocenters. The van der Waals surface area contributed by atoms with E-state index in [2.05, 4.69) is 0 Å². The first-order valence-electron chi connectivity index (χ1n) is 5.21. The first-order valence-corrected chi connectivity index (χ1v) is 5.21. The second-order valence-electron chi connectivity index (χ2n) is 3.58. The van der Waals surface area contributed by atoms with E-state index in [0.717, 1.165) is 11.3 Å². The number of aryl methyl sites for hydroxylation is 1. The molecular weight excluding hydrogens is 190 g/mol. The molecule has 0 aliphatic carbocycles. The van der Waals surface area contributed by atoms with Crippen molar-refractivity contribution in [2.24, 2.45) is 5.73 Å². The van der Waals surface area contributed by atoms with Crippen molar-refractivity contribution in [3.05, 3.63) is 29.3 Å². The highest BCUT2D eigenvalue weighted by molar-refractivity contribution is 5.38. The second-order valence-corrected chi connectivity index (χ2v) is 3.58. The molecule has 1 rings (SSSR count). The fourth-order valence-corrected chi connectivity index (χ4v) is 1.34. The van der Waals surface area contributed by atoms with Gasteiger partial charge in [0.25, 0.3) is 0 Å². The van der Waals surface area contributed by atoms with Crippen molar-refractivity contribution in [3.8, 4) is 5.75 Å². The van der Waals surface area contributed by atoms with Gasteiger partial charge >= 0.3 is 0 Å². The Morgan fingerprint density at radius 2 is 2.13 bits per heavy atom. The first-order chi connectivity index (χ1) is 7.15. The molecule has 0 spiro atoms. The molecule has 3 nitrogen and oxygen atoms in total. The Kier molecular flexibility index (Phi) is 4.59. The molecule has 15 heavy (non-hydrogen) atoms. The lowest BCUT2D eigenvalue weighted by Gasteiger charge is -2.14. The van der Waals surface area contributed by atoms with Crippen LogP contribution < -0.4 is 10.5 Å². The first kappa shape index (κ1) is 12.0. The highest BCUT2D eigenvalue weighted by Crippen LogP contribution is 2.24. The molecule has 0 radical (unpaired) electrons. The van der Waals surface area contributed by atoms with Gasteiger partial charge in [0.15, 0.2) is 6.79 Å². The van der Waals surface area contributed by atoms with Gasteiger partial charge in [-0.15, -0.1) is 0 Å². The summed E-state index contributed by atoms with van der Waals surface area (Å²) < 4.78 is 10.6. The van der Waals surface area contributed by atoms with Gasteiger partial charge in [0, 0.05) is 18.2 Å². The molecule has 3 heteroatoms. The molecule has 0 aromatic heterocycles. The van der Waals surface area contributed by atoms with Crippen molar-refractivity contribution in [2.45, 2.75) is 26.8 Å². The topological polar surface area (TPSA) is 44.5 Å². The molecule has 84 valence electrons. The standard InChI is InChI=1S/C12H19NO2/c1-4-14-8-15-12-6-5-9(2)7-11(12)10(3)13/h5-7,10H,4,8,13H2,1-3H3/t10-/m1/s1. The third-order valence-corrected chi connectivity index (χ3v) is 2.16. The van der Waals surface area contributed by atoms with E-state index in [1.807, 2.05) is 39.0 Å². The molecule has 0 heterocycles. The lowest BCUT2D eigenvalue weighted by Crippen LogP contribution is -2.10. The van der Waals surface area contributed by atoms with Crippen molar-refractivity contribution < 1.29 is 9.47 Å². The molecular formula is C12H19NO2. The fourth-order valence-electron chi connectivity index (χ4n) is 1.34. The normalized spacial score (nSPS) is 12.5. The number of nitrogens with two attached hydrogens (primary N) is 1. The molecule has 2 N–H and O–H groups in total. The maximum atomic E-state index is 5.87. The van der Waals surface area contributed by atoms with E-state index in [0.29, 0.717) is 6.61 Å². The largest absolute Gasteiger partial charge is 0.467 e. The van der Waals surface area contributed by atoms with Gasteiger partial charge in [0.2, 0.25) is 0 Å². The summed E-state index contributed by atoms with van der Waals surface area (Å²) in [5, 5.41) is 0. The van der Waals surface area contributed by atoms with E-state index < -0.39 is 0 Å². The Hall–Kier alpha value is -1.06. The zero-order valence-electron chi connectivity index (χ0n) is 9.62. The van der Waals surface area contributed by atoms with E-state index in [1.54, 1.807) is 0 Å². The summed E-state index contributed by atoms with van der Waals surface area (Å²) in [5.41, 5.74) is 8.08. The Labute approximate surface area is 91.2 Å². The van der Waals surface area contributed by atoms with Gasteiger partial charge in [0.1, 0.15) is 5.75 Å². The van der Waals surface area contributed by atoms with Crippen LogP contribution in [0.5, 0.6) is 5.75 Å². The monoisotopic (exact) mass is 209 g/mol. The van der Waals surface area contributed by atoms with E-state index in [9.17, 15) is 0 Å². The predicted molar refractivity (Wildman–Crippen MR) is 60.9 cm³/mol. The lowest BCUT2D eigenvalue weighted by molar-refractivity contribution is 0.0217. The third kappa shape index (κ3) is 3.53. The highest BCUT2D eigenvalue weighted by Gasteiger charge is 2.07. The predicted octanol–water partition coefficient (Wildman–Crippen LogP) is 2.39. The van der Waals surface area contributed by atoms with Crippen LogP contribution in [0.25, 0.3) is 0 Å². The van der Waals surface area contributed by atoms with Crippen LogP contribution in [0.1, 0.15) is 31.0 Å². The summed E-state index contributed by atoms with van der Waals surface area (Å²) in [6.07, 6.45) is 0. The van der Waals surface area contributed by atoms with Crippen molar-refractivity contribution in [2.75, 3.05) is 13.4 Å². The zero-order chi connectivity index (χ0) is 11.3. The van der Waals surface area contributed by atoms with Crippen LogP contribution in [0.15, 0.2) is 18.2 Å². The zero-order valence-corrected chi connectivity index (χ0v) is 9.62. The van der Waals surface area contributed by atoms with Crippen molar-refractivity contribution >= 4 is 0 Å². The van der Waals surface area contributed by atoms with E-state index in [-0.39, 0.29) is 12.8 Å². The molecule has 0 fully saturated rings. The molecule has 0 saturated heterocycles. The Bertz CT molecular complexity index is 310. The maximum absolute atomic E-state index is 5.87. The maximum Gasteiger partial charge on any atom is 0.189 e. The number of hydrogen-bond acceptors (Lipinski definition) is 3. The highest BCUT2D eigenvalue weighted by atomic mass is 16.7. The fraction of sp³-hybridized carbons (Fsp3) is 0.500. The lowest BCUT2D eigenvalue weighted by atomic mass is 10.1. The second kappa shape index (κ2) is 5.73. The van der Waals surface area contributed by atoms with Gasteiger partial charge in [-0.25, -0.2) is 0 Å². The summed E-state index contributed by atoms with van der Waals surface area (Å²) in [6, 6.07) is 5.97. The number of rotatable bonds is 5. The average Bonchev–Trinajstić information content (AvgIpc) is 2.20. The van der Waals surface area contributed by atoms with Gasteiger partial charge in [-0.2, -0.15) is 0 Å². The minimum atomic E-state index is -0.0264. The van der Waals surface area contributed by atoms with Crippen LogP contribution in [0.3, 0.4) is 0 Å². The van der Waals surface area contributed by atoms with Gasteiger partial charge in [-0.3, -0.25) is 0 Å². The van der Waals surface area contributed by atoms with Crippen LogP contribution in [0.2, 0.25) is 0 Å². The number of benzene rings is 1. The van der Waals surface area contributed by atoms with E-state index in [4.69, 9.17) is 15.2 Å². The molecule has 0 amide bonds. The smallest absolute Gasteiger partial charge is 0.189 e. The van der Waals surface area contributed by atoms with E-state index in [1.165, 1.54) is 5.56 Å². The number of ether oxygens (including phenoxy) is 2. The Morgan fingerprint density at radius 3 is 2.73 bits per heavy atom. The van der Waals surface area contributed by atoms with Gasteiger partial charge in [-0.05, 0) is 26.8 Å². The van der Waals surface area contributed by atoms with Gasteiger partial charge in [-0.1, -0.05) is 17.7 Å². The molecule has 0 aliphatic heterocycles. The molecule has 0 saturated carbocycles. The minimum absolute atomic E-state index is 0.0264. The van der Waals surface area contributed by atoms with Crippen LogP contribution in [0.4, 0.5) is 0 Å². The Morgan fingerprint density at radius 1 is 1.40 bits per heavy atom. The van der Waals surface area contributed by atoms with Crippen molar-refractivity contribution in [1.82, 2.24) is 0 Å². The Balaban J connectivity index is 2.77. The quantitative estimate of drug-likeness (QED) is 0.598. The summed E-state index contributed by atoms with van der Waals surface area (Å²) in [7, 11) is 0. The molecule has 1 aromatic carbocycles. The molecule has 1 aromatic rings. The van der Waals surface area contributed by atoms with Gasteiger partial charge in [0.05, 0.1) is 0 Å². The molecule has 0 aliphatic rings. The van der Waals surface area contributed by atoms with Crippen LogP contribution in [-0.4, -0.2) is 13.4 Å². The summed E-state index contributed by atoms with van der Waals surface area (Å²) >= 11 is 0. The van der Waals surface area contributed by atoms with Crippen molar-refractivity contribution in [3.63, 3.8) is 0 Å². The van der Waals surface area contributed by atoms with Crippen LogP contribution >= 0.6 is 0 Å². The van der Waals surface area contributed by atoms with Crippen LogP contribution in [0, 0.1) is 6.92 Å². The summed E-state index contributed by atoms with van der Waals surface area (Å²) in [5.74, 6) is 0.809. The SMILES string of the molecule is CCOCOc1ccc(C)cc1[C@@H](C)N. The number of hydrogen-bond donors (Lipinski definition) is 1. The third-order valence-electron chi connectivity index (χ3n) is 2.16. The summed E-state index contributed by atoms with van der Waals surface area (Å²) in [4.78, 5) is 0. The summed E-state index contributed by atoms with van der Waals surface area (Å²) in [6.45, 7) is 6.85. The minimum Gasteiger partial charge on any atom is -0.467 e. The molecule has 0 unspecified atom stereocenters. The van der Waals surface area contributed by atoms with Gasteiger partial charge < -0.3 is 15.2 Å². The molecule has 0 bridgehead atoms.